The van der Waals surface area contributed by atoms with Crippen molar-refractivity contribution in [2.24, 2.45) is 0 Å². The minimum Gasteiger partial charge on any atom is -0.382 e. The fraction of sp³-hybridized carbons (Fsp3) is 0.280. The maximum atomic E-state index is 14.5. The van der Waals surface area contributed by atoms with Crippen molar-refractivity contribution < 1.29 is 9.18 Å². The van der Waals surface area contributed by atoms with Gasteiger partial charge in [-0.15, -0.1) is 0 Å². The first-order chi connectivity index (χ1) is 16.4. The van der Waals surface area contributed by atoms with Gasteiger partial charge in [0.05, 0.1) is 15.6 Å². The highest BCUT2D eigenvalue weighted by atomic mass is 35.5. The number of carbonyl (C=O) groups excluding carboxylic acids is 1. The van der Waals surface area contributed by atoms with Crippen LogP contribution in [0.5, 0.6) is 0 Å². The van der Waals surface area contributed by atoms with Gasteiger partial charge in [0.1, 0.15) is 11.6 Å². The molecule has 34 heavy (non-hydrogen) atoms. The first-order valence-corrected chi connectivity index (χ1v) is 12.0. The summed E-state index contributed by atoms with van der Waals surface area (Å²) in [4.78, 5) is 23.0. The lowest BCUT2D eigenvalue weighted by molar-refractivity contribution is -0.110. The van der Waals surface area contributed by atoms with Crippen molar-refractivity contribution in [2.75, 3.05) is 30.3 Å². The molecule has 5 rings (SSSR count). The lowest BCUT2D eigenvalue weighted by Gasteiger charge is -2.32. The number of imidazole rings is 1. The summed E-state index contributed by atoms with van der Waals surface area (Å²) >= 11 is 12.4. The summed E-state index contributed by atoms with van der Waals surface area (Å²) in [7, 11) is 0. The van der Waals surface area contributed by atoms with Crippen LogP contribution in [0.2, 0.25) is 10.0 Å². The number of aromatic amines is 1. The molecule has 3 aromatic rings. The van der Waals surface area contributed by atoms with E-state index in [4.69, 9.17) is 23.2 Å². The molecule has 2 aliphatic heterocycles. The standard InChI is InChI=1S/C25H24Cl2FN5O/c1-2-33-9-5-14(6-10-33)31-15-3-4-21-17(11-15)23(25(34)32-21)22(24-29-7-8-30-24)16-12-20(28)19(27)13-18(16)26/h3-4,7-8,11-14,31H,2,5-6,9-10H2,1H3,(H,29,30)(H,32,34). The van der Waals surface area contributed by atoms with Gasteiger partial charge in [0.2, 0.25) is 0 Å². The molecular weight excluding hydrogens is 476 g/mol. The highest BCUT2D eigenvalue weighted by Crippen LogP contribution is 2.42. The minimum absolute atomic E-state index is 0.0885. The van der Waals surface area contributed by atoms with E-state index < -0.39 is 5.82 Å². The van der Waals surface area contributed by atoms with Gasteiger partial charge in [0.15, 0.2) is 0 Å². The van der Waals surface area contributed by atoms with E-state index in [9.17, 15) is 9.18 Å². The van der Waals surface area contributed by atoms with Gasteiger partial charge in [0.25, 0.3) is 5.91 Å². The molecule has 1 aromatic heterocycles. The SMILES string of the molecule is CCN1CCC(Nc2ccc3c(c2)C(=C(c2ncc[nH]2)c2cc(F)c(Cl)cc2Cl)C(=O)N3)CC1. The molecule has 0 radical (unpaired) electrons. The molecule has 0 saturated carbocycles. The van der Waals surface area contributed by atoms with E-state index in [2.05, 4.69) is 32.4 Å². The number of likely N-dealkylation sites (tertiary alicyclic amines) is 1. The largest absolute Gasteiger partial charge is 0.382 e. The van der Waals surface area contributed by atoms with E-state index in [0.717, 1.165) is 38.2 Å². The van der Waals surface area contributed by atoms with Gasteiger partial charge in [-0.25, -0.2) is 9.37 Å². The first kappa shape index (κ1) is 22.9. The molecule has 2 aromatic carbocycles. The molecule has 9 heteroatoms. The number of H-pyrrole nitrogens is 1. The molecule has 3 heterocycles. The molecule has 6 nitrogen and oxygen atoms in total. The van der Waals surface area contributed by atoms with Crippen molar-refractivity contribution in [1.29, 1.82) is 0 Å². The van der Waals surface area contributed by atoms with Crippen LogP contribution >= 0.6 is 23.2 Å². The summed E-state index contributed by atoms with van der Waals surface area (Å²) in [5.74, 6) is -0.522. The molecule has 3 N–H and O–H groups in total. The fourth-order valence-corrected chi connectivity index (χ4v) is 5.11. The van der Waals surface area contributed by atoms with Crippen molar-refractivity contribution in [3.05, 3.63) is 75.5 Å². The Morgan fingerprint density at radius 3 is 2.71 bits per heavy atom. The molecule has 0 atom stereocenters. The summed E-state index contributed by atoms with van der Waals surface area (Å²) in [6, 6.07) is 8.75. The van der Waals surface area contributed by atoms with E-state index in [0.29, 0.717) is 39.8 Å². The molecular formula is C25H24Cl2FN5O. The summed E-state index contributed by atoms with van der Waals surface area (Å²) in [6.45, 7) is 5.37. The molecule has 2 aliphatic rings. The van der Waals surface area contributed by atoms with Crippen LogP contribution in [-0.2, 0) is 4.79 Å². The number of amides is 1. The maximum absolute atomic E-state index is 14.5. The normalized spacial score (nSPS) is 18.1. The Morgan fingerprint density at radius 2 is 2.00 bits per heavy atom. The first-order valence-electron chi connectivity index (χ1n) is 11.3. The number of benzene rings is 2. The van der Waals surface area contributed by atoms with Gasteiger partial charge in [-0.05, 0) is 49.7 Å². The Bertz CT molecular complexity index is 1270. The molecule has 1 saturated heterocycles. The van der Waals surface area contributed by atoms with Crippen LogP contribution in [0.4, 0.5) is 15.8 Å². The second kappa shape index (κ2) is 9.41. The van der Waals surface area contributed by atoms with Crippen molar-refractivity contribution >= 4 is 51.6 Å². The van der Waals surface area contributed by atoms with E-state index in [1.54, 1.807) is 12.4 Å². The quantitative estimate of drug-likeness (QED) is 0.312. The van der Waals surface area contributed by atoms with Crippen LogP contribution in [0.15, 0.2) is 42.7 Å². The van der Waals surface area contributed by atoms with Crippen LogP contribution in [-0.4, -0.2) is 46.5 Å². The van der Waals surface area contributed by atoms with Gasteiger partial charge in [-0.1, -0.05) is 30.1 Å². The molecule has 1 amide bonds. The number of halogens is 3. The zero-order valence-electron chi connectivity index (χ0n) is 18.6. The predicted octanol–water partition coefficient (Wildman–Crippen LogP) is 5.66. The van der Waals surface area contributed by atoms with Crippen LogP contribution in [0, 0.1) is 5.82 Å². The van der Waals surface area contributed by atoms with Crippen molar-refractivity contribution in [3.63, 3.8) is 0 Å². The van der Waals surface area contributed by atoms with Crippen LogP contribution in [0.3, 0.4) is 0 Å². The second-order valence-corrected chi connectivity index (χ2v) is 9.32. The zero-order valence-corrected chi connectivity index (χ0v) is 20.1. The van der Waals surface area contributed by atoms with Crippen molar-refractivity contribution in [1.82, 2.24) is 14.9 Å². The third kappa shape index (κ3) is 4.31. The predicted molar refractivity (Wildman–Crippen MR) is 135 cm³/mol. The molecule has 1 fully saturated rings. The summed E-state index contributed by atoms with van der Waals surface area (Å²) in [5.41, 5.74) is 3.43. The maximum Gasteiger partial charge on any atom is 0.257 e. The Morgan fingerprint density at radius 1 is 1.21 bits per heavy atom. The lowest BCUT2D eigenvalue weighted by Crippen LogP contribution is -2.38. The summed E-state index contributed by atoms with van der Waals surface area (Å²) in [5, 5.41) is 6.67. The molecule has 0 spiro atoms. The van der Waals surface area contributed by atoms with Gasteiger partial charge in [0, 0.05) is 59.6 Å². The Labute approximate surface area is 207 Å². The average Bonchev–Trinajstić information content (AvgIpc) is 3.46. The average molecular weight is 500 g/mol. The number of piperidine rings is 1. The Kier molecular flexibility index (Phi) is 6.34. The highest BCUT2D eigenvalue weighted by Gasteiger charge is 2.31. The number of hydrogen-bond donors (Lipinski definition) is 3. The number of anilines is 2. The third-order valence-electron chi connectivity index (χ3n) is 6.43. The van der Waals surface area contributed by atoms with Gasteiger partial charge >= 0.3 is 0 Å². The smallest absolute Gasteiger partial charge is 0.257 e. The Hall–Kier alpha value is -2.87. The number of nitrogens with zero attached hydrogens (tertiary/aromatic N) is 2. The molecule has 0 unspecified atom stereocenters. The topological polar surface area (TPSA) is 73.0 Å². The number of nitrogens with one attached hydrogen (secondary N) is 3. The number of fused-ring (bicyclic) bond motifs is 1. The van der Waals surface area contributed by atoms with Crippen molar-refractivity contribution in [3.8, 4) is 0 Å². The van der Waals surface area contributed by atoms with Crippen LogP contribution < -0.4 is 10.6 Å². The highest BCUT2D eigenvalue weighted by molar-refractivity contribution is 6.40. The summed E-state index contributed by atoms with van der Waals surface area (Å²) in [6.07, 6.45) is 5.33. The number of aromatic nitrogens is 2. The molecule has 0 bridgehead atoms. The second-order valence-electron chi connectivity index (χ2n) is 8.50. The number of hydrogen-bond acceptors (Lipinski definition) is 4. The fourth-order valence-electron chi connectivity index (χ4n) is 4.63. The molecule has 176 valence electrons. The monoisotopic (exact) mass is 499 g/mol. The van der Waals surface area contributed by atoms with Crippen LogP contribution in [0.1, 0.15) is 36.7 Å². The molecule has 0 aliphatic carbocycles. The summed E-state index contributed by atoms with van der Waals surface area (Å²) < 4.78 is 14.5. The third-order valence-corrected chi connectivity index (χ3v) is 7.04. The zero-order chi connectivity index (χ0) is 23.8. The van der Waals surface area contributed by atoms with E-state index in [1.165, 1.54) is 12.1 Å². The van der Waals surface area contributed by atoms with Gasteiger partial charge in [-0.3, -0.25) is 4.79 Å². The van der Waals surface area contributed by atoms with Gasteiger partial charge < -0.3 is 20.5 Å². The van der Waals surface area contributed by atoms with Crippen molar-refractivity contribution in [2.45, 2.75) is 25.8 Å². The number of rotatable bonds is 5. The van der Waals surface area contributed by atoms with E-state index in [1.807, 2.05) is 18.2 Å². The van der Waals surface area contributed by atoms with Crippen LogP contribution in [0.25, 0.3) is 11.1 Å². The lowest BCUT2D eigenvalue weighted by atomic mass is 9.94. The van der Waals surface area contributed by atoms with E-state index in [-0.39, 0.29) is 16.0 Å². The number of carbonyl (C=O) groups is 1. The minimum atomic E-state index is -0.627. The van der Waals surface area contributed by atoms with Gasteiger partial charge in [-0.2, -0.15) is 0 Å². The Balaban J connectivity index is 1.59. The van der Waals surface area contributed by atoms with E-state index >= 15 is 0 Å².